The first-order valence-electron chi connectivity index (χ1n) is 5.87. The molecule has 1 aromatic heterocycles. The molecule has 6 nitrogen and oxygen atoms in total. The minimum absolute atomic E-state index is 0.0952. The number of carbonyl (C=O) groups excluding carboxylic acids is 1. The van der Waals surface area contributed by atoms with Crippen LogP contribution < -0.4 is 11.1 Å². The maximum atomic E-state index is 11.5. The van der Waals surface area contributed by atoms with Gasteiger partial charge in [-0.2, -0.15) is 0 Å². The molecule has 1 heterocycles. The Bertz CT molecular complexity index is 375. The second-order valence-corrected chi connectivity index (χ2v) is 4.02. The Kier molecular flexibility index (Phi) is 6.10. The Labute approximate surface area is 105 Å². The maximum Gasteiger partial charge on any atom is 0.320 e. The van der Waals surface area contributed by atoms with Crippen LogP contribution in [0.3, 0.4) is 0 Å². The highest BCUT2D eigenvalue weighted by Crippen LogP contribution is 2.01. The van der Waals surface area contributed by atoms with E-state index in [9.17, 15) is 9.59 Å². The number of aliphatic carboxylic acids is 1. The quantitative estimate of drug-likeness (QED) is 0.441. The number of carboxylic acid groups (broad SMARTS) is 1. The molecule has 1 aromatic rings. The Balaban J connectivity index is 2.02. The number of Topliss-reactive ketones (excluding diaryl/α,β-unsaturated/α-hetero) is 1. The van der Waals surface area contributed by atoms with Crippen molar-refractivity contribution in [3.63, 3.8) is 0 Å². The van der Waals surface area contributed by atoms with Crippen LogP contribution in [0.1, 0.15) is 29.8 Å². The van der Waals surface area contributed by atoms with Gasteiger partial charge in [-0.05, 0) is 31.5 Å². The molecule has 0 saturated heterocycles. The standard InChI is InChI=1S/C12H18N2O4/c13-9(12(16)17)4-1-2-6-14-8-10(15)11-5-3-7-18-11/h3,5,7,9,14H,1-2,4,6,8,13H2,(H,16,17)/t9-/m1/s1. The van der Waals surface area contributed by atoms with Crippen LogP contribution in [-0.4, -0.2) is 36.0 Å². The van der Waals surface area contributed by atoms with Crippen molar-refractivity contribution in [2.24, 2.45) is 5.73 Å². The third-order valence-electron chi connectivity index (χ3n) is 2.52. The van der Waals surface area contributed by atoms with E-state index in [2.05, 4.69) is 5.32 Å². The zero-order valence-corrected chi connectivity index (χ0v) is 10.1. The summed E-state index contributed by atoms with van der Waals surface area (Å²) in [6.45, 7) is 0.872. The van der Waals surface area contributed by atoms with Gasteiger partial charge in [0.2, 0.25) is 5.78 Å². The lowest BCUT2D eigenvalue weighted by atomic mass is 10.1. The Morgan fingerprint density at radius 1 is 1.44 bits per heavy atom. The first-order chi connectivity index (χ1) is 8.61. The summed E-state index contributed by atoms with van der Waals surface area (Å²) in [5.41, 5.74) is 5.36. The molecule has 0 radical (unpaired) electrons. The summed E-state index contributed by atoms with van der Waals surface area (Å²) in [6.07, 6.45) is 3.41. The zero-order valence-electron chi connectivity index (χ0n) is 10.1. The van der Waals surface area contributed by atoms with Crippen LogP contribution >= 0.6 is 0 Å². The zero-order chi connectivity index (χ0) is 13.4. The smallest absolute Gasteiger partial charge is 0.320 e. The molecule has 1 rings (SSSR count). The number of hydrogen-bond donors (Lipinski definition) is 3. The minimum Gasteiger partial charge on any atom is -0.480 e. The minimum atomic E-state index is -0.976. The van der Waals surface area contributed by atoms with Crippen LogP contribution in [0.15, 0.2) is 22.8 Å². The first-order valence-corrected chi connectivity index (χ1v) is 5.87. The molecular weight excluding hydrogens is 236 g/mol. The summed E-state index contributed by atoms with van der Waals surface area (Å²) in [7, 11) is 0. The fourth-order valence-electron chi connectivity index (χ4n) is 1.46. The summed E-state index contributed by atoms with van der Waals surface area (Å²) in [4.78, 5) is 21.9. The van der Waals surface area contributed by atoms with Gasteiger partial charge in [-0.15, -0.1) is 0 Å². The number of carboxylic acids is 1. The Hall–Kier alpha value is -1.66. The molecule has 0 aliphatic rings. The van der Waals surface area contributed by atoms with Crippen LogP contribution in [0.25, 0.3) is 0 Å². The molecule has 0 saturated carbocycles. The van der Waals surface area contributed by atoms with Crippen molar-refractivity contribution in [2.75, 3.05) is 13.1 Å². The lowest BCUT2D eigenvalue weighted by Gasteiger charge is -2.06. The van der Waals surface area contributed by atoms with E-state index in [0.717, 1.165) is 12.8 Å². The SMILES string of the molecule is N[C@H](CCCCNCC(=O)c1ccco1)C(=O)O. The molecular formula is C12H18N2O4. The molecule has 0 bridgehead atoms. The average Bonchev–Trinajstić information content (AvgIpc) is 2.86. The van der Waals surface area contributed by atoms with Gasteiger partial charge in [0.15, 0.2) is 5.76 Å². The van der Waals surface area contributed by atoms with E-state index < -0.39 is 12.0 Å². The molecule has 0 aromatic carbocycles. The van der Waals surface area contributed by atoms with Gasteiger partial charge in [-0.1, -0.05) is 6.42 Å². The molecule has 0 unspecified atom stereocenters. The lowest BCUT2D eigenvalue weighted by molar-refractivity contribution is -0.138. The van der Waals surface area contributed by atoms with Gasteiger partial charge in [0, 0.05) is 0 Å². The third kappa shape index (κ3) is 5.11. The van der Waals surface area contributed by atoms with Crippen molar-refractivity contribution in [1.82, 2.24) is 5.32 Å². The third-order valence-corrected chi connectivity index (χ3v) is 2.52. The Morgan fingerprint density at radius 3 is 2.83 bits per heavy atom. The van der Waals surface area contributed by atoms with Gasteiger partial charge in [-0.3, -0.25) is 9.59 Å². The number of nitrogens with two attached hydrogens (primary N) is 1. The lowest BCUT2D eigenvalue weighted by Crippen LogP contribution is -2.30. The number of nitrogens with one attached hydrogen (secondary N) is 1. The second-order valence-electron chi connectivity index (χ2n) is 4.02. The van der Waals surface area contributed by atoms with E-state index in [1.165, 1.54) is 6.26 Å². The van der Waals surface area contributed by atoms with Gasteiger partial charge < -0.3 is 20.6 Å². The highest BCUT2D eigenvalue weighted by Gasteiger charge is 2.10. The van der Waals surface area contributed by atoms with E-state index >= 15 is 0 Å². The van der Waals surface area contributed by atoms with Crippen LogP contribution in [0.5, 0.6) is 0 Å². The van der Waals surface area contributed by atoms with E-state index in [4.69, 9.17) is 15.3 Å². The molecule has 0 fully saturated rings. The van der Waals surface area contributed by atoms with E-state index in [1.807, 2.05) is 0 Å². The molecule has 0 aliphatic carbocycles. The summed E-state index contributed by atoms with van der Waals surface area (Å²) in [6, 6.07) is 2.49. The molecule has 100 valence electrons. The van der Waals surface area contributed by atoms with Crippen molar-refractivity contribution < 1.29 is 19.1 Å². The summed E-state index contributed by atoms with van der Waals surface area (Å²) in [5.74, 6) is -0.728. The number of unbranched alkanes of at least 4 members (excludes halogenated alkanes) is 1. The van der Waals surface area contributed by atoms with E-state index in [1.54, 1.807) is 12.1 Å². The van der Waals surface area contributed by atoms with Crippen LogP contribution in [0, 0.1) is 0 Å². The van der Waals surface area contributed by atoms with Gasteiger partial charge in [-0.25, -0.2) is 0 Å². The fourth-order valence-corrected chi connectivity index (χ4v) is 1.46. The number of furan rings is 1. The average molecular weight is 254 g/mol. The number of carbonyl (C=O) groups is 2. The van der Waals surface area contributed by atoms with Crippen molar-refractivity contribution in [1.29, 1.82) is 0 Å². The maximum absolute atomic E-state index is 11.5. The second kappa shape index (κ2) is 7.62. The summed E-state index contributed by atoms with van der Waals surface area (Å²) < 4.78 is 4.96. The summed E-state index contributed by atoms with van der Waals surface area (Å²) in [5, 5.41) is 11.5. The normalized spacial score (nSPS) is 12.3. The van der Waals surface area contributed by atoms with Crippen LogP contribution in [0.2, 0.25) is 0 Å². The highest BCUT2D eigenvalue weighted by molar-refractivity contribution is 5.94. The molecule has 18 heavy (non-hydrogen) atoms. The van der Waals surface area contributed by atoms with Crippen LogP contribution in [-0.2, 0) is 4.79 Å². The van der Waals surface area contributed by atoms with Crippen molar-refractivity contribution in [3.05, 3.63) is 24.2 Å². The monoisotopic (exact) mass is 254 g/mol. The van der Waals surface area contributed by atoms with Gasteiger partial charge in [0.25, 0.3) is 0 Å². The predicted molar refractivity (Wildman–Crippen MR) is 65.4 cm³/mol. The van der Waals surface area contributed by atoms with Crippen molar-refractivity contribution >= 4 is 11.8 Å². The molecule has 1 atom stereocenters. The van der Waals surface area contributed by atoms with E-state index in [0.29, 0.717) is 18.7 Å². The molecule has 0 aliphatic heterocycles. The molecule has 6 heteroatoms. The number of ketones is 1. The fraction of sp³-hybridized carbons (Fsp3) is 0.500. The summed E-state index contributed by atoms with van der Waals surface area (Å²) >= 11 is 0. The van der Waals surface area contributed by atoms with Crippen LogP contribution in [0.4, 0.5) is 0 Å². The van der Waals surface area contributed by atoms with E-state index in [-0.39, 0.29) is 12.3 Å². The largest absolute Gasteiger partial charge is 0.480 e. The first kappa shape index (κ1) is 14.4. The number of rotatable bonds is 9. The predicted octanol–water partition coefficient (Wildman–Crippen LogP) is 0.634. The molecule has 0 amide bonds. The number of hydrogen-bond acceptors (Lipinski definition) is 5. The van der Waals surface area contributed by atoms with Crippen molar-refractivity contribution in [2.45, 2.75) is 25.3 Å². The molecule has 4 N–H and O–H groups in total. The highest BCUT2D eigenvalue weighted by atomic mass is 16.4. The molecule has 0 spiro atoms. The Morgan fingerprint density at radius 2 is 2.22 bits per heavy atom. The van der Waals surface area contributed by atoms with Gasteiger partial charge >= 0.3 is 5.97 Å². The van der Waals surface area contributed by atoms with Gasteiger partial charge in [0.1, 0.15) is 6.04 Å². The van der Waals surface area contributed by atoms with Crippen molar-refractivity contribution in [3.8, 4) is 0 Å². The topological polar surface area (TPSA) is 106 Å². The van der Waals surface area contributed by atoms with Gasteiger partial charge in [0.05, 0.1) is 12.8 Å².